The first-order valence-corrected chi connectivity index (χ1v) is 7.17. The van der Waals surface area contributed by atoms with Crippen molar-refractivity contribution in [3.63, 3.8) is 0 Å². The van der Waals surface area contributed by atoms with Crippen molar-refractivity contribution < 1.29 is 0 Å². The van der Waals surface area contributed by atoms with Crippen molar-refractivity contribution in [1.82, 2.24) is 4.90 Å². The molecule has 0 aliphatic carbocycles. The van der Waals surface area contributed by atoms with E-state index in [1.54, 1.807) is 0 Å². The Balaban J connectivity index is 2.04. The Labute approximate surface area is 119 Å². The Morgan fingerprint density at radius 1 is 1.50 bits per heavy atom. The lowest BCUT2D eigenvalue weighted by Gasteiger charge is -2.33. The van der Waals surface area contributed by atoms with E-state index in [0.717, 1.165) is 40.4 Å². The van der Waals surface area contributed by atoms with Crippen LogP contribution in [-0.2, 0) is 0 Å². The number of rotatable bonds is 1. The van der Waals surface area contributed by atoms with Crippen molar-refractivity contribution >= 4 is 34.6 Å². The maximum absolute atomic E-state index is 6.01. The molecule has 0 spiro atoms. The number of nitrogens with zero attached hydrogens (tertiary/aromatic N) is 1. The molecule has 0 amide bonds. The molecule has 1 aromatic carbocycles. The van der Waals surface area contributed by atoms with E-state index in [0.29, 0.717) is 0 Å². The summed E-state index contributed by atoms with van der Waals surface area (Å²) in [5, 5.41) is 4.86. The minimum absolute atomic E-state index is 0.721. The van der Waals surface area contributed by atoms with Gasteiger partial charge in [-0.05, 0) is 55.6 Å². The zero-order valence-corrected chi connectivity index (χ0v) is 12.4. The molecule has 1 saturated heterocycles. The minimum Gasteiger partial charge on any atom is -0.349 e. The van der Waals surface area contributed by atoms with Gasteiger partial charge in [0, 0.05) is 23.8 Å². The lowest BCUT2D eigenvalue weighted by molar-refractivity contribution is 0.276. The van der Waals surface area contributed by atoms with Gasteiger partial charge in [-0.3, -0.25) is 0 Å². The lowest BCUT2D eigenvalue weighted by Crippen LogP contribution is -2.41. The minimum atomic E-state index is 0.721. The third-order valence-corrected chi connectivity index (χ3v) is 3.98. The molecule has 2 rings (SSSR count). The monoisotopic (exact) mass is 282 g/mol. The predicted octanol–water partition coefficient (Wildman–Crippen LogP) is 4.08. The van der Waals surface area contributed by atoms with E-state index in [4.69, 9.17) is 23.8 Å². The number of hydrogen-bond donors (Lipinski definition) is 1. The second kappa shape index (κ2) is 5.89. The summed E-state index contributed by atoms with van der Waals surface area (Å²) in [6, 6.07) is 5.83. The Morgan fingerprint density at radius 3 is 3.00 bits per heavy atom. The number of piperidine rings is 1. The average molecular weight is 283 g/mol. The molecule has 0 aromatic heterocycles. The fourth-order valence-electron chi connectivity index (χ4n) is 2.30. The second-order valence-electron chi connectivity index (χ2n) is 5.08. The van der Waals surface area contributed by atoms with E-state index in [2.05, 4.69) is 24.1 Å². The van der Waals surface area contributed by atoms with E-state index in [1.165, 1.54) is 12.8 Å². The second-order valence-corrected chi connectivity index (χ2v) is 5.91. The van der Waals surface area contributed by atoms with Gasteiger partial charge in [-0.25, -0.2) is 0 Å². The first-order chi connectivity index (χ1) is 8.56. The maximum atomic E-state index is 6.01. The Hall–Kier alpha value is -0.800. The summed E-state index contributed by atoms with van der Waals surface area (Å²) in [6.45, 7) is 6.43. The molecule has 18 heavy (non-hydrogen) atoms. The van der Waals surface area contributed by atoms with Crippen molar-refractivity contribution in [3.8, 4) is 0 Å². The number of halogens is 1. The number of anilines is 1. The van der Waals surface area contributed by atoms with E-state index < -0.39 is 0 Å². The van der Waals surface area contributed by atoms with Gasteiger partial charge in [0.1, 0.15) is 0 Å². The van der Waals surface area contributed by atoms with E-state index in [9.17, 15) is 0 Å². The van der Waals surface area contributed by atoms with E-state index in [-0.39, 0.29) is 0 Å². The van der Waals surface area contributed by atoms with Crippen molar-refractivity contribution in [2.75, 3.05) is 18.4 Å². The highest BCUT2D eigenvalue weighted by atomic mass is 35.5. The molecular formula is C14H19ClN2S. The van der Waals surface area contributed by atoms with Gasteiger partial charge in [0.2, 0.25) is 0 Å². The van der Waals surface area contributed by atoms with Crippen LogP contribution in [0.3, 0.4) is 0 Å². The highest BCUT2D eigenvalue weighted by Gasteiger charge is 2.18. The quantitative estimate of drug-likeness (QED) is 0.782. The first kappa shape index (κ1) is 13.6. The number of likely N-dealkylation sites (tertiary alicyclic amines) is 1. The van der Waals surface area contributed by atoms with Crippen molar-refractivity contribution in [1.29, 1.82) is 0 Å². The molecule has 0 saturated carbocycles. The molecule has 1 fully saturated rings. The lowest BCUT2D eigenvalue weighted by atomic mass is 10.0. The summed E-state index contributed by atoms with van der Waals surface area (Å²) >= 11 is 11.5. The maximum Gasteiger partial charge on any atom is 0.173 e. The molecule has 2 nitrogen and oxygen atoms in total. The van der Waals surface area contributed by atoms with Gasteiger partial charge in [-0.15, -0.1) is 0 Å². The van der Waals surface area contributed by atoms with Crippen LogP contribution in [0.5, 0.6) is 0 Å². The molecule has 4 heteroatoms. The highest BCUT2D eigenvalue weighted by molar-refractivity contribution is 7.80. The van der Waals surface area contributed by atoms with Crippen molar-refractivity contribution in [2.45, 2.75) is 26.7 Å². The van der Waals surface area contributed by atoms with E-state index >= 15 is 0 Å². The molecular weight excluding hydrogens is 264 g/mol. The third kappa shape index (κ3) is 3.36. The van der Waals surface area contributed by atoms with Crippen LogP contribution in [0.4, 0.5) is 5.69 Å². The van der Waals surface area contributed by atoms with Crippen LogP contribution < -0.4 is 5.32 Å². The molecule has 0 radical (unpaired) electrons. The number of nitrogens with one attached hydrogen (secondary N) is 1. The number of aryl methyl sites for hydroxylation is 1. The summed E-state index contributed by atoms with van der Waals surface area (Å²) in [4.78, 5) is 2.25. The van der Waals surface area contributed by atoms with Gasteiger partial charge in [-0.2, -0.15) is 0 Å². The molecule has 0 bridgehead atoms. The Kier molecular flexibility index (Phi) is 4.46. The summed E-state index contributed by atoms with van der Waals surface area (Å²) in [5.74, 6) is 0.721. The van der Waals surface area contributed by atoms with Gasteiger partial charge < -0.3 is 10.2 Å². The SMILES string of the molecule is Cc1ccc(Cl)cc1NC(=S)N1CCCC(C)C1. The zero-order valence-electron chi connectivity index (χ0n) is 10.9. The van der Waals surface area contributed by atoms with Crippen LogP contribution in [-0.4, -0.2) is 23.1 Å². The predicted molar refractivity (Wildman–Crippen MR) is 82.4 cm³/mol. The largest absolute Gasteiger partial charge is 0.349 e. The highest BCUT2D eigenvalue weighted by Crippen LogP contribution is 2.22. The van der Waals surface area contributed by atoms with Crippen LogP contribution in [0.1, 0.15) is 25.3 Å². The van der Waals surface area contributed by atoms with Crippen LogP contribution >= 0.6 is 23.8 Å². The Bertz CT molecular complexity index is 447. The zero-order chi connectivity index (χ0) is 13.1. The summed E-state index contributed by atoms with van der Waals surface area (Å²) < 4.78 is 0. The first-order valence-electron chi connectivity index (χ1n) is 6.38. The topological polar surface area (TPSA) is 15.3 Å². The number of benzene rings is 1. The smallest absolute Gasteiger partial charge is 0.173 e. The van der Waals surface area contributed by atoms with E-state index in [1.807, 2.05) is 18.2 Å². The van der Waals surface area contributed by atoms with Gasteiger partial charge in [0.05, 0.1) is 0 Å². The van der Waals surface area contributed by atoms with Crippen molar-refractivity contribution in [3.05, 3.63) is 28.8 Å². The molecule has 98 valence electrons. The standard InChI is InChI=1S/C14H19ClN2S/c1-10-4-3-7-17(9-10)14(18)16-13-8-12(15)6-5-11(13)2/h5-6,8,10H,3-4,7,9H2,1-2H3,(H,16,18). The molecule has 1 aliphatic rings. The molecule has 1 heterocycles. The number of hydrogen-bond acceptors (Lipinski definition) is 1. The summed E-state index contributed by atoms with van der Waals surface area (Å²) in [6.07, 6.45) is 2.52. The van der Waals surface area contributed by atoms with Crippen LogP contribution in [0.2, 0.25) is 5.02 Å². The van der Waals surface area contributed by atoms with Crippen LogP contribution in [0.15, 0.2) is 18.2 Å². The molecule has 1 aliphatic heterocycles. The van der Waals surface area contributed by atoms with Gasteiger partial charge in [0.25, 0.3) is 0 Å². The van der Waals surface area contributed by atoms with Crippen molar-refractivity contribution in [2.24, 2.45) is 5.92 Å². The van der Waals surface area contributed by atoms with Crippen LogP contribution in [0.25, 0.3) is 0 Å². The van der Waals surface area contributed by atoms with Gasteiger partial charge in [-0.1, -0.05) is 24.6 Å². The Morgan fingerprint density at radius 2 is 2.28 bits per heavy atom. The molecule has 1 atom stereocenters. The average Bonchev–Trinajstić information content (AvgIpc) is 2.34. The molecule has 1 N–H and O–H groups in total. The molecule has 1 unspecified atom stereocenters. The van der Waals surface area contributed by atoms with Gasteiger partial charge >= 0.3 is 0 Å². The third-order valence-electron chi connectivity index (χ3n) is 3.39. The summed E-state index contributed by atoms with van der Waals surface area (Å²) in [5.41, 5.74) is 2.16. The fraction of sp³-hybridized carbons (Fsp3) is 0.500. The van der Waals surface area contributed by atoms with Crippen LogP contribution in [0, 0.1) is 12.8 Å². The van der Waals surface area contributed by atoms with Gasteiger partial charge in [0.15, 0.2) is 5.11 Å². The summed E-state index contributed by atoms with van der Waals surface area (Å²) in [7, 11) is 0. The fourth-order valence-corrected chi connectivity index (χ4v) is 2.74. The molecule has 1 aromatic rings. The normalized spacial score (nSPS) is 19.7. The number of thiocarbonyl (C=S) groups is 1.